The van der Waals surface area contributed by atoms with Crippen LogP contribution in [-0.2, 0) is 0 Å². The molecule has 0 radical (unpaired) electrons. The zero-order valence-corrected chi connectivity index (χ0v) is 12.7. The highest BCUT2D eigenvalue weighted by Crippen LogP contribution is 2.15. The van der Waals surface area contributed by atoms with Crippen molar-refractivity contribution in [2.45, 2.75) is 6.92 Å². The molecule has 1 N–H and O–H groups in total. The SMILES string of the molecule is Cc1ccccc1NC=Cc1nnnn1-c1ccc(Cl)cc1. The fourth-order valence-electron chi connectivity index (χ4n) is 2.00. The van der Waals surface area contributed by atoms with Crippen LogP contribution in [0.1, 0.15) is 11.4 Å². The van der Waals surface area contributed by atoms with Crippen molar-refractivity contribution < 1.29 is 0 Å². The molecule has 0 aliphatic carbocycles. The summed E-state index contributed by atoms with van der Waals surface area (Å²) in [6.45, 7) is 2.05. The van der Waals surface area contributed by atoms with Crippen molar-refractivity contribution in [2.75, 3.05) is 5.32 Å². The first-order chi connectivity index (χ1) is 10.7. The van der Waals surface area contributed by atoms with E-state index in [4.69, 9.17) is 11.6 Å². The van der Waals surface area contributed by atoms with Crippen LogP contribution in [0, 0.1) is 6.92 Å². The largest absolute Gasteiger partial charge is 0.361 e. The number of anilines is 1. The zero-order valence-electron chi connectivity index (χ0n) is 11.9. The van der Waals surface area contributed by atoms with Crippen LogP contribution in [-0.4, -0.2) is 20.2 Å². The van der Waals surface area contributed by atoms with E-state index >= 15 is 0 Å². The summed E-state index contributed by atoms with van der Waals surface area (Å²) in [5, 5.41) is 15.6. The van der Waals surface area contributed by atoms with Gasteiger partial charge in [-0.25, -0.2) is 0 Å². The van der Waals surface area contributed by atoms with Gasteiger partial charge in [0, 0.05) is 23.0 Å². The molecular formula is C16H14ClN5. The molecule has 22 heavy (non-hydrogen) atoms. The molecule has 0 bridgehead atoms. The average molecular weight is 312 g/mol. The Morgan fingerprint density at radius 3 is 2.64 bits per heavy atom. The second-order valence-electron chi connectivity index (χ2n) is 4.72. The van der Waals surface area contributed by atoms with Gasteiger partial charge in [-0.2, -0.15) is 4.68 Å². The molecule has 0 aliphatic rings. The number of halogens is 1. The summed E-state index contributed by atoms with van der Waals surface area (Å²) in [5.41, 5.74) is 3.07. The summed E-state index contributed by atoms with van der Waals surface area (Å²) in [6.07, 6.45) is 3.64. The lowest BCUT2D eigenvalue weighted by Gasteiger charge is -2.04. The predicted molar refractivity (Wildman–Crippen MR) is 88.0 cm³/mol. The van der Waals surface area contributed by atoms with E-state index in [1.54, 1.807) is 16.8 Å². The quantitative estimate of drug-likeness (QED) is 0.798. The predicted octanol–water partition coefficient (Wildman–Crippen LogP) is 3.71. The number of nitrogens with one attached hydrogen (secondary N) is 1. The minimum absolute atomic E-state index is 0.628. The Morgan fingerprint density at radius 1 is 1.09 bits per heavy atom. The van der Waals surface area contributed by atoms with Crippen LogP contribution >= 0.6 is 11.6 Å². The van der Waals surface area contributed by atoms with E-state index in [-0.39, 0.29) is 0 Å². The Balaban J connectivity index is 1.79. The van der Waals surface area contributed by atoms with Crippen LogP contribution in [0.15, 0.2) is 54.7 Å². The topological polar surface area (TPSA) is 55.6 Å². The van der Waals surface area contributed by atoms with Crippen molar-refractivity contribution in [1.82, 2.24) is 20.2 Å². The summed E-state index contributed by atoms with van der Waals surface area (Å²) in [5.74, 6) is 0.628. The molecule has 0 saturated carbocycles. The van der Waals surface area contributed by atoms with Gasteiger partial charge in [0.1, 0.15) is 0 Å². The minimum Gasteiger partial charge on any atom is -0.361 e. The van der Waals surface area contributed by atoms with Crippen LogP contribution < -0.4 is 5.32 Å². The number of para-hydroxylation sites is 1. The molecule has 0 aliphatic heterocycles. The van der Waals surface area contributed by atoms with Crippen molar-refractivity contribution in [3.05, 3.63) is 71.1 Å². The normalized spacial score (nSPS) is 11.0. The van der Waals surface area contributed by atoms with Gasteiger partial charge < -0.3 is 5.32 Å². The lowest BCUT2D eigenvalue weighted by Crippen LogP contribution is -1.99. The molecule has 0 saturated heterocycles. The van der Waals surface area contributed by atoms with Gasteiger partial charge in [-0.15, -0.1) is 5.10 Å². The Kier molecular flexibility index (Phi) is 4.16. The van der Waals surface area contributed by atoms with E-state index in [0.717, 1.165) is 11.4 Å². The lowest BCUT2D eigenvalue weighted by molar-refractivity contribution is 0.787. The monoisotopic (exact) mass is 311 g/mol. The van der Waals surface area contributed by atoms with E-state index < -0.39 is 0 Å². The number of hydrogen-bond acceptors (Lipinski definition) is 4. The third-order valence-electron chi connectivity index (χ3n) is 3.18. The molecule has 0 fully saturated rings. The van der Waals surface area contributed by atoms with Gasteiger partial charge in [0.2, 0.25) is 0 Å². The Bertz CT molecular complexity index is 792. The van der Waals surface area contributed by atoms with Gasteiger partial charge in [-0.3, -0.25) is 0 Å². The molecule has 3 rings (SSSR count). The average Bonchev–Trinajstić information content (AvgIpc) is 2.98. The third kappa shape index (κ3) is 3.15. The summed E-state index contributed by atoms with van der Waals surface area (Å²) in [7, 11) is 0. The smallest absolute Gasteiger partial charge is 0.181 e. The molecule has 0 spiro atoms. The molecule has 0 atom stereocenters. The summed E-state index contributed by atoms with van der Waals surface area (Å²) in [6, 6.07) is 15.4. The van der Waals surface area contributed by atoms with Crippen molar-refractivity contribution in [3.63, 3.8) is 0 Å². The number of nitrogens with zero attached hydrogens (tertiary/aromatic N) is 4. The molecule has 0 unspecified atom stereocenters. The van der Waals surface area contributed by atoms with Crippen molar-refractivity contribution >= 4 is 23.4 Å². The number of tetrazole rings is 1. The van der Waals surface area contributed by atoms with Crippen LogP contribution in [0.5, 0.6) is 0 Å². The van der Waals surface area contributed by atoms with Gasteiger partial charge >= 0.3 is 0 Å². The Hall–Kier alpha value is -2.66. The van der Waals surface area contributed by atoms with Crippen LogP contribution in [0.25, 0.3) is 11.8 Å². The third-order valence-corrected chi connectivity index (χ3v) is 3.43. The van der Waals surface area contributed by atoms with Gasteiger partial charge in [-0.05, 0) is 53.2 Å². The molecule has 1 aromatic heterocycles. The van der Waals surface area contributed by atoms with Gasteiger partial charge in [-0.1, -0.05) is 29.8 Å². The molecule has 1 heterocycles. The van der Waals surface area contributed by atoms with Crippen LogP contribution in [0.4, 0.5) is 5.69 Å². The lowest BCUT2D eigenvalue weighted by atomic mass is 10.2. The van der Waals surface area contributed by atoms with Gasteiger partial charge in [0.25, 0.3) is 0 Å². The molecule has 2 aromatic carbocycles. The van der Waals surface area contributed by atoms with Crippen LogP contribution in [0.2, 0.25) is 5.02 Å². The van der Waals surface area contributed by atoms with Crippen molar-refractivity contribution in [3.8, 4) is 5.69 Å². The Labute approximate surface area is 133 Å². The first-order valence-electron chi connectivity index (χ1n) is 6.77. The number of aromatic nitrogens is 4. The first-order valence-corrected chi connectivity index (χ1v) is 7.15. The summed E-state index contributed by atoms with van der Waals surface area (Å²) >= 11 is 5.89. The Morgan fingerprint density at radius 2 is 1.86 bits per heavy atom. The molecule has 110 valence electrons. The second-order valence-corrected chi connectivity index (χ2v) is 5.15. The summed E-state index contributed by atoms with van der Waals surface area (Å²) in [4.78, 5) is 0. The molecule has 3 aromatic rings. The van der Waals surface area contributed by atoms with E-state index in [0.29, 0.717) is 10.8 Å². The standard InChI is InChI=1S/C16H14ClN5/c1-12-4-2-3-5-15(12)18-11-10-16-19-20-21-22(16)14-8-6-13(17)7-9-14/h2-11,18H,1H3. The van der Waals surface area contributed by atoms with Crippen LogP contribution in [0.3, 0.4) is 0 Å². The molecule has 5 nitrogen and oxygen atoms in total. The number of hydrogen-bond donors (Lipinski definition) is 1. The van der Waals surface area contributed by atoms with E-state index in [1.165, 1.54) is 5.56 Å². The molecule has 0 amide bonds. The maximum absolute atomic E-state index is 5.89. The summed E-state index contributed by atoms with van der Waals surface area (Å²) < 4.78 is 1.65. The van der Waals surface area contributed by atoms with Crippen molar-refractivity contribution in [2.24, 2.45) is 0 Å². The fourth-order valence-corrected chi connectivity index (χ4v) is 2.13. The highest BCUT2D eigenvalue weighted by Gasteiger charge is 2.04. The highest BCUT2D eigenvalue weighted by atomic mass is 35.5. The molecule has 6 heteroatoms. The highest BCUT2D eigenvalue weighted by molar-refractivity contribution is 6.30. The molecular weight excluding hydrogens is 298 g/mol. The number of aryl methyl sites for hydroxylation is 1. The minimum atomic E-state index is 0.628. The number of benzene rings is 2. The maximum atomic E-state index is 5.89. The van der Waals surface area contributed by atoms with Crippen molar-refractivity contribution in [1.29, 1.82) is 0 Å². The van der Waals surface area contributed by atoms with Gasteiger partial charge in [0.05, 0.1) is 5.69 Å². The first kappa shape index (κ1) is 14.3. The van der Waals surface area contributed by atoms with Gasteiger partial charge in [0.15, 0.2) is 5.82 Å². The van der Waals surface area contributed by atoms with E-state index in [9.17, 15) is 0 Å². The second kappa shape index (κ2) is 6.41. The maximum Gasteiger partial charge on any atom is 0.181 e. The van der Waals surface area contributed by atoms with E-state index in [1.807, 2.05) is 55.6 Å². The number of rotatable bonds is 4. The zero-order chi connectivity index (χ0) is 15.4. The van der Waals surface area contributed by atoms with E-state index in [2.05, 4.69) is 20.8 Å². The fraction of sp³-hybridized carbons (Fsp3) is 0.0625.